The van der Waals surface area contributed by atoms with Gasteiger partial charge >= 0.3 is 0 Å². The van der Waals surface area contributed by atoms with Gasteiger partial charge in [-0.15, -0.1) is 24.0 Å². The van der Waals surface area contributed by atoms with E-state index in [4.69, 9.17) is 25.6 Å². The number of aromatic nitrogens is 1. The van der Waals surface area contributed by atoms with Crippen LogP contribution < -0.4 is 9.47 Å². The summed E-state index contributed by atoms with van der Waals surface area (Å²) in [5, 5.41) is 4.32. The first kappa shape index (κ1) is 21.1. The summed E-state index contributed by atoms with van der Waals surface area (Å²) in [5.74, 6) is 1.91. The van der Waals surface area contributed by atoms with Gasteiger partial charge in [-0.1, -0.05) is 28.9 Å². The van der Waals surface area contributed by atoms with E-state index in [1.165, 1.54) is 0 Å². The smallest absolute Gasteiger partial charge is 0.192 e. The molecule has 0 fully saturated rings. The van der Waals surface area contributed by atoms with E-state index < -0.39 is 0 Å². The van der Waals surface area contributed by atoms with Crippen molar-refractivity contribution in [2.24, 2.45) is 0 Å². The molecule has 0 aliphatic carbocycles. The minimum Gasteiger partial charge on any atom is -0.489 e. The lowest BCUT2D eigenvalue weighted by Crippen LogP contribution is -2.35. The SMILES string of the molecule is Cc1noc(COc2ccccc2OCCC[N+](C)(C)C)c1Cl.I. The highest BCUT2D eigenvalue weighted by Gasteiger charge is 2.13. The molecule has 24 heavy (non-hydrogen) atoms. The zero-order valence-electron chi connectivity index (χ0n) is 14.5. The maximum Gasteiger partial charge on any atom is 0.192 e. The van der Waals surface area contributed by atoms with Crippen LogP contribution in [0.25, 0.3) is 0 Å². The molecule has 7 heteroatoms. The quantitative estimate of drug-likeness (QED) is 0.330. The fourth-order valence-electron chi connectivity index (χ4n) is 2.05. The van der Waals surface area contributed by atoms with Gasteiger partial charge in [0, 0.05) is 6.42 Å². The lowest BCUT2D eigenvalue weighted by molar-refractivity contribution is -0.870. The van der Waals surface area contributed by atoms with Crippen molar-refractivity contribution >= 4 is 35.6 Å². The number of halogens is 2. The highest BCUT2D eigenvalue weighted by molar-refractivity contribution is 14.0. The van der Waals surface area contributed by atoms with Crippen LogP contribution in [0.1, 0.15) is 17.9 Å². The number of hydrogen-bond donors (Lipinski definition) is 0. The molecule has 1 heterocycles. The molecule has 0 saturated heterocycles. The second-order valence-electron chi connectivity index (χ2n) is 6.46. The van der Waals surface area contributed by atoms with Crippen molar-refractivity contribution < 1.29 is 18.5 Å². The van der Waals surface area contributed by atoms with Gasteiger partial charge in [0.1, 0.15) is 5.02 Å². The van der Waals surface area contributed by atoms with Crippen LogP contribution >= 0.6 is 35.6 Å². The van der Waals surface area contributed by atoms with Gasteiger partial charge in [-0.3, -0.25) is 0 Å². The number of nitrogens with zero attached hydrogens (tertiary/aromatic N) is 2. The number of para-hydroxylation sites is 2. The number of rotatable bonds is 8. The second-order valence-corrected chi connectivity index (χ2v) is 6.83. The van der Waals surface area contributed by atoms with Crippen LogP contribution in [0.4, 0.5) is 0 Å². The first-order valence-electron chi connectivity index (χ1n) is 7.62. The van der Waals surface area contributed by atoms with Gasteiger partial charge in [0.2, 0.25) is 0 Å². The average Bonchev–Trinajstić information content (AvgIpc) is 2.81. The Kier molecular flexibility index (Phi) is 8.32. The van der Waals surface area contributed by atoms with Crippen LogP contribution in [-0.2, 0) is 6.61 Å². The van der Waals surface area contributed by atoms with Gasteiger partial charge in [-0.2, -0.15) is 0 Å². The molecule has 0 radical (unpaired) electrons. The van der Waals surface area contributed by atoms with Gasteiger partial charge in [-0.05, 0) is 19.1 Å². The number of ether oxygens (including phenoxy) is 2. The van der Waals surface area contributed by atoms with Gasteiger partial charge < -0.3 is 18.5 Å². The third kappa shape index (κ3) is 6.49. The van der Waals surface area contributed by atoms with Crippen molar-refractivity contribution in [3.8, 4) is 11.5 Å². The van der Waals surface area contributed by atoms with Crippen molar-refractivity contribution in [3.05, 3.63) is 40.7 Å². The Morgan fingerprint density at radius 1 is 1.12 bits per heavy atom. The fraction of sp³-hybridized carbons (Fsp3) is 0.471. The van der Waals surface area contributed by atoms with E-state index in [1.807, 2.05) is 24.3 Å². The summed E-state index contributed by atoms with van der Waals surface area (Å²) in [7, 11) is 6.50. The van der Waals surface area contributed by atoms with E-state index >= 15 is 0 Å². The molecule has 1 aromatic carbocycles. The Balaban J connectivity index is 0.00000288. The molecule has 0 atom stereocenters. The van der Waals surface area contributed by atoms with Crippen LogP contribution in [0, 0.1) is 6.92 Å². The molecule has 0 spiro atoms. The first-order chi connectivity index (χ1) is 10.9. The number of aryl methyl sites for hydroxylation is 1. The van der Waals surface area contributed by atoms with E-state index in [0.29, 0.717) is 28.8 Å². The van der Waals surface area contributed by atoms with Gasteiger partial charge in [0.25, 0.3) is 0 Å². The molecule has 0 saturated carbocycles. The predicted molar refractivity (Wildman–Crippen MR) is 105 cm³/mol. The zero-order valence-corrected chi connectivity index (χ0v) is 17.6. The van der Waals surface area contributed by atoms with Crippen molar-refractivity contribution in [2.45, 2.75) is 20.0 Å². The Bertz CT molecular complexity index is 641. The summed E-state index contributed by atoms with van der Waals surface area (Å²) >= 11 is 6.09. The minimum absolute atomic E-state index is 0. The van der Waals surface area contributed by atoms with Crippen LogP contribution in [0.3, 0.4) is 0 Å². The lowest BCUT2D eigenvalue weighted by atomic mass is 10.3. The molecule has 0 N–H and O–H groups in total. The molecule has 5 nitrogen and oxygen atoms in total. The van der Waals surface area contributed by atoms with Gasteiger partial charge in [-0.25, -0.2) is 0 Å². The standard InChI is InChI=1S/C17H24ClN2O3.HI/c1-13-17(18)16(23-19-13)12-22-15-9-6-5-8-14(15)21-11-7-10-20(2,3)4;/h5-6,8-9H,7,10-12H2,1-4H3;1H/q+1;. The normalized spacial score (nSPS) is 11.0. The van der Waals surface area contributed by atoms with E-state index in [0.717, 1.165) is 23.2 Å². The van der Waals surface area contributed by atoms with Gasteiger partial charge in [0.05, 0.1) is 40.0 Å². The minimum atomic E-state index is 0. The largest absolute Gasteiger partial charge is 0.489 e. The van der Waals surface area contributed by atoms with Crippen LogP contribution in [0.2, 0.25) is 5.02 Å². The molecule has 1 aromatic heterocycles. The molecule has 0 unspecified atom stereocenters. The van der Waals surface area contributed by atoms with Crippen LogP contribution in [0.5, 0.6) is 11.5 Å². The Hall–Kier alpha value is -0.990. The molecule has 2 rings (SSSR count). The van der Waals surface area contributed by atoms with Crippen molar-refractivity contribution in [2.75, 3.05) is 34.3 Å². The summed E-state index contributed by atoms with van der Waals surface area (Å²) in [6.45, 7) is 3.72. The molecule has 134 valence electrons. The van der Waals surface area contributed by atoms with Crippen molar-refractivity contribution in [1.82, 2.24) is 5.16 Å². The van der Waals surface area contributed by atoms with E-state index in [2.05, 4.69) is 26.3 Å². The summed E-state index contributed by atoms with van der Waals surface area (Å²) in [6, 6.07) is 7.59. The molecule has 0 amide bonds. The van der Waals surface area contributed by atoms with E-state index in [1.54, 1.807) is 6.92 Å². The van der Waals surface area contributed by atoms with Crippen molar-refractivity contribution in [1.29, 1.82) is 0 Å². The molecule has 2 aromatic rings. The molecular formula is C17H25ClIN2O3+. The van der Waals surface area contributed by atoms with E-state index in [-0.39, 0.29) is 30.6 Å². The fourth-order valence-corrected chi connectivity index (χ4v) is 2.17. The first-order valence-corrected chi connectivity index (χ1v) is 8.00. The summed E-state index contributed by atoms with van der Waals surface area (Å²) in [5.41, 5.74) is 0.662. The van der Waals surface area contributed by atoms with E-state index in [9.17, 15) is 0 Å². The third-order valence-corrected chi connectivity index (χ3v) is 3.78. The average molecular weight is 468 g/mol. The Labute approximate surface area is 165 Å². The predicted octanol–water partition coefficient (Wildman–Crippen LogP) is 4.31. The molecule has 0 aliphatic rings. The molecule has 0 aliphatic heterocycles. The summed E-state index contributed by atoms with van der Waals surface area (Å²) in [4.78, 5) is 0. The summed E-state index contributed by atoms with van der Waals surface area (Å²) in [6.07, 6.45) is 0.977. The topological polar surface area (TPSA) is 44.5 Å². The zero-order chi connectivity index (χ0) is 16.9. The highest BCUT2D eigenvalue weighted by Crippen LogP contribution is 2.29. The number of quaternary nitrogens is 1. The summed E-state index contributed by atoms with van der Waals surface area (Å²) < 4.78 is 17.7. The second kappa shape index (κ2) is 9.48. The van der Waals surface area contributed by atoms with Crippen molar-refractivity contribution in [3.63, 3.8) is 0 Å². The molecule has 0 bridgehead atoms. The maximum absolute atomic E-state index is 6.09. The van der Waals surface area contributed by atoms with Crippen LogP contribution in [0.15, 0.2) is 28.8 Å². The van der Waals surface area contributed by atoms with Gasteiger partial charge in [0.15, 0.2) is 23.9 Å². The Morgan fingerprint density at radius 2 is 1.75 bits per heavy atom. The van der Waals surface area contributed by atoms with Crippen LogP contribution in [-0.4, -0.2) is 43.9 Å². The maximum atomic E-state index is 6.09. The number of hydrogen-bond acceptors (Lipinski definition) is 4. The number of benzene rings is 1. The molecular weight excluding hydrogens is 443 g/mol. The third-order valence-electron chi connectivity index (χ3n) is 3.29. The lowest BCUT2D eigenvalue weighted by Gasteiger charge is -2.23. The monoisotopic (exact) mass is 467 g/mol. The Morgan fingerprint density at radius 3 is 2.29 bits per heavy atom. The highest BCUT2D eigenvalue weighted by atomic mass is 127.